The maximum Gasteiger partial charge on any atom is 0.224 e. The zero-order valence-corrected chi connectivity index (χ0v) is 16.0. The van der Waals surface area contributed by atoms with E-state index in [1.165, 1.54) is 18.4 Å². The minimum atomic E-state index is 0.141. The molecule has 2 bridgehead atoms. The Labute approximate surface area is 162 Å². The van der Waals surface area contributed by atoms with Crippen LogP contribution in [0.25, 0.3) is 0 Å². The molecule has 2 heterocycles. The van der Waals surface area contributed by atoms with Crippen LogP contribution in [0.2, 0.25) is 0 Å². The van der Waals surface area contributed by atoms with Crippen molar-refractivity contribution in [3.8, 4) is 0 Å². The Hall–Kier alpha value is -2.33. The van der Waals surface area contributed by atoms with Crippen molar-refractivity contribution in [2.75, 3.05) is 17.3 Å². The molecule has 2 unspecified atom stereocenters. The van der Waals surface area contributed by atoms with E-state index in [1.54, 1.807) is 0 Å². The van der Waals surface area contributed by atoms with Crippen molar-refractivity contribution < 1.29 is 4.79 Å². The summed E-state index contributed by atoms with van der Waals surface area (Å²) in [4.78, 5) is 14.9. The first-order chi connectivity index (χ1) is 13.2. The lowest BCUT2D eigenvalue weighted by atomic mass is 9.89. The van der Waals surface area contributed by atoms with Crippen LogP contribution in [0.4, 0.5) is 11.4 Å². The van der Waals surface area contributed by atoms with Gasteiger partial charge in [-0.1, -0.05) is 42.5 Å². The molecule has 0 radical (unpaired) electrons. The van der Waals surface area contributed by atoms with Gasteiger partial charge in [-0.2, -0.15) is 0 Å². The van der Waals surface area contributed by atoms with Crippen LogP contribution in [0.1, 0.15) is 37.7 Å². The van der Waals surface area contributed by atoms with Crippen molar-refractivity contribution >= 4 is 17.3 Å². The third-order valence-electron chi connectivity index (χ3n) is 5.90. The zero-order chi connectivity index (χ0) is 18.6. The molecule has 2 atom stereocenters. The maximum absolute atomic E-state index is 12.7. The van der Waals surface area contributed by atoms with E-state index in [4.69, 9.17) is 0 Å². The van der Waals surface area contributed by atoms with Crippen LogP contribution in [0, 0.1) is 5.92 Å². The number of piperidine rings is 1. The van der Waals surface area contributed by atoms with Crippen LogP contribution >= 0.6 is 0 Å². The van der Waals surface area contributed by atoms with Gasteiger partial charge in [-0.15, -0.1) is 0 Å². The molecule has 4 heteroatoms. The number of carbonyl (C=O) groups excluding carboxylic acids is 1. The molecule has 2 aliphatic heterocycles. The largest absolute Gasteiger partial charge is 0.369 e. The molecule has 0 aliphatic carbocycles. The van der Waals surface area contributed by atoms with Gasteiger partial charge in [0.1, 0.15) is 0 Å². The van der Waals surface area contributed by atoms with Gasteiger partial charge in [0.2, 0.25) is 5.91 Å². The quantitative estimate of drug-likeness (QED) is 0.809. The molecule has 2 aliphatic rings. The molecule has 0 saturated carbocycles. The highest BCUT2D eigenvalue weighted by atomic mass is 16.1. The fourth-order valence-corrected chi connectivity index (χ4v) is 4.66. The lowest BCUT2D eigenvalue weighted by Gasteiger charge is -2.29. The zero-order valence-electron chi connectivity index (χ0n) is 16.0. The van der Waals surface area contributed by atoms with E-state index in [9.17, 15) is 4.79 Å². The number of anilines is 2. The second-order valence-corrected chi connectivity index (χ2v) is 8.09. The van der Waals surface area contributed by atoms with Crippen molar-refractivity contribution in [1.82, 2.24) is 5.32 Å². The summed E-state index contributed by atoms with van der Waals surface area (Å²) in [6, 6.07) is 19.8. The van der Waals surface area contributed by atoms with Crippen molar-refractivity contribution in [2.45, 2.75) is 50.7 Å². The normalized spacial score (nSPS) is 23.8. The molecule has 1 amide bonds. The summed E-state index contributed by atoms with van der Waals surface area (Å²) in [7, 11) is 2.07. The maximum atomic E-state index is 12.7. The van der Waals surface area contributed by atoms with Gasteiger partial charge in [0.15, 0.2) is 0 Å². The smallest absolute Gasteiger partial charge is 0.224 e. The molecule has 2 N–H and O–H groups in total. The molecule has 4 nitrogen and oxygen atoms in total. The number of hydrogen-bond acceptors (Lipinski definition) is 3. The summed E-state index contributed by atoms with van der Waals surface area (Å²) in [6.07, 6.45) is 5.45. The molecular weight excluding hydrogens is 334 g/mol. The van der Waals surface area contributed by atoms with Crippen molar-refractivity contribution in [2.24, 2.45) is 5.92 Å². The summed E-state index contributed by atoms with van der Waals surface area (Å²) >= 11 is 0. The number of nitrogens with zero attached hydrogens (tertiary/aromatic N) is 1. The highest BCUT2D eigenvalue weighted by Gasteiger charge is 2.34. The van der Waals surface area contributed by atoms with Crippen molar-refractivity contribution in [3.05, 3.63) is 60.2 Å². The van der Waals surface area contributed by atoms with E-state index in [1.807, 2.05) is 24.3 Å². The topological polar surface area (TPSA) is 44.4 Å². The predicted octanol–water partition coefficient (Wildman–Crippen LogP) is 4.18. The van der Waals surface area contributed by atoms with E-state index in [-0.39, 0.29) is 5.91 Å². The predicted molar refractivity (Wildman–Crippen MR) is 111 cm³/mol. The fourth-order valence-electron chi connectivity index (χ4n) is 4.66. The van der Waals surface area contributed by atoms with Crippen LogP contribution in [0.3, 0.4) is 0 Å². The summed E-state index contributed by atoms with van der Waals surface area (Å²) in [6.45, 7) is 0.811. The molecule has 2 aromatic rings. The summed E-state index contributed by atoms with van der Waals surface area (Å²) in [5, 5.41) is 6.83. The molecule has 4 rings (SSSR count). The Morgan fingerprint density at radius 3 is 2.44 bits per heavy atom. The van der Waals surface area contributed by atoms with Crippen molar-refractivity contribution in [3.63, 3.8) is 0 Å². The number of rotatable bonds is 6. The van der Waals surface area contributed by atoms with E-state index in [0.717, 1.165) is 30.8 Å². The number of amides is 1. The lowest BCUT2D eigenvalue weighted by molar-refractivity contribution is -0.117. The lowest BCUT2D eigenvalue weighted by Crippen LogP contribution is -2.39. The van der Waals surface area contributed by atoms with Crippen LogP contribution in [-0.2, 0) is 11.3 Å². The van der Waals surface area contributed by atoms with Gasteiger partial charge < -0.3 is 15.5 Å². The Bertz CT molecular complexity index is 764. The fraction of sp³-hybridized carbons (Fsp3) is 0.435. The van der Waals surface area contributed by atoms with E-state index >= 15 is 0 Å². The molecule has 2 fully saturated rings. The van der Waals surface area contributed by atoms with Gasteiger partial charge in [0.05, 0.1) is 11.4 Å². The Morgan fingerprint density at radius 1 is 1.04 bits per heavy atom. The molecule has 2 aromatic carbocycles. The second-order valence-electron chi connectivity index (χ2n) is 8.09. The third kappa shape index (κ3) is 4.51. The number of para-hydroxylation sites is 2. The van der Waals surface area contributed by atoms with Crippen LogP contribution in [0.15, 0.2) is 54.6 Å². The Balaban J connectivity index is 1.39. The average Bonchev–Trinajstić information content (AvgIpc) is 3.01. The first-order valence-corrected chi connectivity index (χ1v) is 10.1. The number of hydrogen-bond donors (Lipinski definition) is 2. The highest BCUT2D eigenvalue weighted by Crippen LogP contribution is 2.33. The molecule has 0 aromatic heterocycles. The van der Waals surface area contributed by atoms with Gasteiger partial charge in [-0.3, -0.25) is 4.79 Å². The van der Waals surface area contributed by atoms with Crippen LogP contribution in [-0.4, -0.2) is 25.0 Å². The summed E-state index contributed by atoms with van der Waals surface area (Å²) < 4.78 is 0. The monoisotopic (exact) mass is 363 g/mol. The molecule has 2 saturated heterocycles. The SMILES string of the molecule is CN(Cc1ccccc1)c1ccccc1NC(=O)CC1CC2CCC(C1)N2. The highest BCUT2D eigenvalue weighted by molar-refractivity contribution is 5.94. The number of fused-ring (bicyclic) bond motifs is 2. The number of carbonyl (C=O) groups is 1. The van der Waals surface area contributed by atoms with Gasteiger partial charge in [0.25, 0.3) is 0 Å². The number of nitrogens with one attached hydrogen (secondary N) is 2. The molecule has 142 valence electrons. The molecule has 0 spiro atoms. The summed E-state index contributed by atoms with van der Waals surface area (Å²) in [5.74, 6) is 0.653. The standard InChI is InChI=1S/C23H29N3O/c1-26(16-17-7-3-2-4-8-17)22-10-6-5-9-21(22)25-23(27)15-18-13-19-11-12-20(14-18)24-19/h2-10,18-20,24H,11-16H2,1H3,(H,25,27). The Kier molecular flexibility index (Phi) is 5.44. The number of benzene rings is 2. The third-order valence-corrected chi connectivity index (χ3v) is 5.90. The van der Waals surface area contributed by atoms with Crippen LogP contribution in [0.5, 0.6) is 0 Å². The van der Waals surface area contributed by atoms with Gasteiger partial charge in [0, 0.05) is 32.1 Å². The van der Waals surface area contributed by atoms with E-state index in [0.29, 0.717) is 24.4 Å². The van der Waals surface area contributed by atoms with Gasteiger partial charge in [-0.25, -0.2) is 0 Å². The minimum absolute atomic E-state index is 0.141. The van der Waals surface area contributed by atoms with Crippen LogP contribution < -0.4 is 15.5 Å². The van der Waals surface area contributed by atoms with E-state index in [2.05, 4.69) is 52.9 Å². The van der Waals surface area contributed by atoms with Crippen molar-refractivity contribution in [1.29, 1.82) is 0 Å². The summed E-state index contributed by atoms with van der Waals surface area (Å²) in [5.41, 5.74) is 3.21. The van der Waals surface area contributed by atoms with E-state index < -0.39 is 0 Å². The van der Waals surface area contributed by atoms with Gasteiger partial charge in [-0.05, 0) is 49.3 Å². The van der Waals surface area contributed by atoms with Gasteiger partial charge >= 0.3 is 0 Å². The molecule has 27 heavy (non-hydrogen) atoms. The first kappa shape index (κ1) is 18.1. The Morgan fingerprint density at radius 2 is 1.70 bits per heavy atom. The first-order valence-electron chi connectivity index (χ1n) is 10.1. The second kappa shape index (κ2) is 8.13. The average molecular weight is 364 g/mol. The molecular formula is C23H29N3O. The minimum Gasteiger partial charge on any atom is -0.369 e.